The van der Waals surface area contributed by atoms with Crippen molar-refractivity contribution in [3.63, 3.8) is 0 Å². The Morgan fingerprint density at radius 2 is 1.93 bits per heavy atom. The average Bonchev–Trinajstić information content (AvgIpc) is 2.62. The lowest BCUT2D eigenvalue weighted by molar-refractivity contribution is -0.0696. The van der Waals surface area contributed by atoms with Crippen molar-refractivity contribution in [3.8, 4) is 0 Å². The number of methoxy groups -OCH3 is 1. The summed E-state index contributed by atoms with van der Waals surface area (Å²) >= 11 is 0. The van der Waals surface area contributed by atoms with Gasteiger partial charge >= 0.3 is 0 Å². The average molecular weight is 197 g/mol. The quantitative estimate of drug-likeness (QED) is 0.730. The molecule has 0 aromatic rings. The lowest BCUT2D eigenvalue weighted by Gasteiger charge is -2.40. The Labute approximate surface area is 87.4 Å². The molecule has 2 rings (SSSR count). The third kappa shape index (κ3) is 2.29. The van der Waals surface area contributed by atoms with Crippen LogP contribution in [0.2, 0.25) is 0 Å². The summed E-state index contributed by atoms with van der Waals surface area (Å²) in [6, 6.07) is 0. The molecule has 0 atom stereocenters. The zero-order chi connectivity index (χ0) is 9.86. The molecule has 2 aliphatic rings. The molecule has 0 saturated heterocycles. The Bertz CT molecular complexity index is 166. The summed E-state index contributed by atoms with van der Waals surface area (Å²) in [5.74, 6) is 0.948. The van der Waals surface area contributed by atoms with Crippen molar-refractivity contribution in [1.29, 1.82) is 0 Å². The van der Waals surface area contributed by atoms with E-state index in [-0.39, 0.29) is 5.60 Å². The molecule has 0 aliphatic heterocycles. The molecule has 14 heavy (non-hydrogen) atoms. The molecule has 0 aromatic carbocycles. The second kappa shape index (κ2) is 4.63. The van der Waals surface area contributed by atoms with E-state index < -0.39 is 0 Å². The first-order valence-electron chi connectivity index (χ1n) is 6.10. The second-order valence-electron chi connectivity index (χ2n) is 5.02. The Hall–Kier alpha value is -0.0800. The summed E-state index contributed by atoms with van der Waals surface area (Å²) in [6.07, 6.45) is 9.62. The Balaban J connectivity index is 1.61. The van der Waals surface area contributed by atoms with Crippen molar-refractivity contribution in [1.82, 2.24) is 5.32 Å². The van der Waals surface area contributed by atoms with Gasteiger partial charge in [0.15, 0.2) is 0 Å². The van der Waals surface area contributed by atoms with Gasteiger partial charge in [0.1, 0.15) is 0 Å². The van der Waals surface area contributed by atoms with Gasteiger partial charge in [-0.2, -0.15) is 0 Å². The molecule has 2 aliphatic carbocycles. The van der Waals surface area contributed by atoms with E-state index in [9.17, 15) is 0 Å². The standard InChI is InChI=1S/C12H23NO/c1-14-12(7-4-8-12)10-13-9-11-5-2-3-6-11/h11,13H,2-10H2,1H3. The van der Waals surface area contributed by atoms with Crippen molar-refractivity contribution in [2.75, 3.05) is 20.2 Å². The maximum atomic E-state index is 5.58. The number of nitrogens with one attached hydrogen (secondary N) is 1. The second-order valence-corrected chi connectivity index (χ2v) is 5.02. The van der Waals surface area contributed by atoms with Crippen LogP contribution in [-0.2, 0) is 4.74 Å². The molecule has 0 radical (unpaired) electrons. The van der Waals surface area contributed by atoms with Crippen molar-refractivity contribution in [2.45, 2.75) is 50.5 Å². The van der Waals surface area contributed by atoms with Crippen molar-refractivity contribution >= 4 is 0 Å². The van der Waals surface area contributed by atoms with E-state index in [1.54, 1.807) is 0 Å². The highest BCUT2D eigenvalue weighted by Gasteiger charge is 2.36. The first-order chi connectivity index (χ1) is 6.85. The van der Waals surface area contributed by atoms with Gasteiger partial charge in [0, 0.05) is 13.7 Å². The molecule has 0 aromatic heterocycles. The fourth-order valence-corrected chi connectivity index (χ4v) is 2.74. The maximum absolute atomic E-state index is 5.58. The SMILES string of the molecule is COC1(CNCC2CCCC2)CCC1. The van der Waals surface area contributed by atoms with E-state index in [4.69, 9.17) is 4.74 Å². The highest BCUT2D eigenvalue weighted by molar-refractivity contribution is 4.91. The van der Waals surface area contributed by atoms with E-state index in [1.165, 1.54) is 51.5 Å². The van der Waals surface area contributed by atoms with Crippen LogP contribution in [0, 0.1) is 5.92 Å². The van der Waals surface area contributed by atoms with Gasteiger partial charge in [-0.05, 0) is 44.6 Å². The number of rotatable bonds is 5. The van der Waals surface area contributed by atoms with Crippen molar-refractivity contribution in [2.24, 2.45) is 5.92 Å². The minimum Gasteiger partial charge on any atom is -0.377 e. The minimum atomic E-state index is 0.207. The van der Waals surface area contributed by atoms with Crippen LogP contribution in [0.25, 0.3) is 0 Å². The molecule has 0 unspecified atom stereocenters. The largest absolute Gasteiger partial charge is 0.377 e. The summed E-state index contributed by atoms with van der Waals surface area (Å²) in [5, 5.41) is 3.60. The summed E-state index contributed by atoms with van der Waals surface area (Å²) in [6.45, 7) is 2.28. The smallest absolute Gasteiger partial charge is 0.0802 e. The van der Waals surface area contributed by atoms with Crippen LogP contribution in [0.15, 0.2) is 0 Å². The van der Waals surface area contributed by atoms with E-state index in [0.29, 0.717) is 0 Å². The third-order valence-electron chi connectivity index (χ3n) is 4.05. The summed E-state index contributed by atoms with van der Waals surface area (Å²) in [4.78, 5) is 0. The van der Waals surface area contributed by atoms with Crippen molar-refractivity contribution in [3.05, 3.63) is 0 Å². The maximum Gasteiger partial charge on any atom is 0.0802 e. The van der Waals surface area contributed by atoms with Gasteiger partial charge in [0.25, 0.3) is 0 Å². The Kier molecular flexibility index (Phi) is 3.45. The first kappa shape index (κ1) is 10.4. The van der Waals surface area contributed by atoms with Crippen LogP contribution in [0.4, 0.5) is 0 Å². The van der Waals surface area contributed by atoms with Gasteiger partial charge in [-0.1, -0.05) is 12.8 Å². The van der Waals surface area contributed by atoms with E-state index >= 15 is 0 Å². The molecule has 1 N–H and O–H groups in total. The van der Waals surface area contributed by atoms with Crippen LogP contribution in [0.5, 0.6) is 0 Å². The molecular formula is C12H23NO. The van der Waals surface area contributed by atoms with Gasteiger partial charge in [0.05, 0.1) is 5.60 Å². The Morgan fingerprint density at radius 3 is 2.43 bits per heavy atom. The molecule has 2 fully saturated rings. The molecule has 0 amide bonds. The normalized spacial score (nSPS) is 26.4. The molecule has 2 saturated carbocycles. The summed E-state index contributed by atoms with van der Waals surface area (Å²) in [7, 11) is 1.86. The van der Waals surface area contributed by atoms with Gasteiger partial charge in [-0.25, -0.2) is 0 Å². The lowest BCUT2D eigenvalue weighted by Crippen LogP contribution is -2.48. The monoisotopic (exact) mass is 197 g/mol. The van der Waals surface area contributed by atoms with E-state index in [0.717, 1.165) is 12.5 Å². The van der Waals surface area contributed by atoms with E-state index in [2.05, 4.69) is 5.32 Å². The fraction of sp³-hybridized carbons (Fsp3) is 1.00. The zero-order valence-electron chi connectivity index (χ0n) is 9.35. The summed E-state index contributed by atoms with van der Waals surface area (Å²) < 4.78 is 5.58. The van der Waals surface area contributed by atoms with Gasteiger partial charge in [-0.3, -0.25) is 0 Å². The molecule has 2 nitrogen and oxygen atoms in total. The topological polar surface area (TPSA) is 21.3 Å². The highest BCUT2D eigenvalue weighted by Crippen LogP contribution is 2.34. The third-order valence-corrected chi connectivity index (χ3v) is 4.05. The molecule has 0 spiro atoms. The fourth-order valence-electron chi connectivity index (χ4n) is 2.74. The zero-order valence-corrected chi connectivity index (χ0v) is 9.35. The minimum absolute atomic E-state index is 0.207. The number of ether oxygens (including phenoxy) is 1. The highest BCUT2D eigenvalue weighted by atomic mass is 16.5. The first-order valence-corrected chi connectivity index (χ1v) is 6.10. The van der Waals surface area contributed by atoms with Gasteiger partial charge < -0.3 is 10.1 Å². The van der Waals surface area contributed by atoms with Crippen LogP contribution >= 0.6 is 0 Å². The van der Waals surface area contributed by atoms with Crippen LogP contribution in [0.3, 0.4) is 0 Å². The molecule has 2 heteroatoms. The van der Waals surface area contributed by atoms with Crippen LogP contribution in [0.1, 0.15) is 44.9 Å². The van der Waals surface area contributed by atoms with E-state index in [1.807, 2.05) is 7.11 Å². The van der Waals surface area contributed by atoms with Gasteiger partial charge in [0.2, 0.25) is 0 Å². The predicted molar refractivity (Wildman–Crippen MR) is 58.4 cm³/mol. The van der Waals surface area contributed by atoms with Crippen LogP contribution < -0.4 is 5.32 Å². The van der Waals surface area contributed by atoms with Crippen LogP contribution in [-0.4, -0.2) is 25.8 Å². The molecule has 0 heterocycles. The molecule has 0 bridgehead atoms. The predicted octanol–water partition coefficient (Wildman–Crippen LogP) is 2.34. The Morgan fingerprint density at radius 1 is 1.21 bits per heavy atom. The summed E-state index contributed by atoms with van der Waals surface area (Å²) in [5.41, 5.74) is 0.207. The molecule has 82 valence electrons. The van der Waals surface area contributed by atoms with Crippen molar-refractivity contribution < 1.29 is 4.74 Å². The molecular weight excluding hydrogens is 174 g/mol. The van der Waals surface area contributed by atoms with Gasteiger partial charge in [-0.15, -0.1) is 0 Å². The lowest BCUT2D eigenvalue weighted by atomic mass is 9.80. The number of hydrogen-bond acceptors (Lipinski definition) is 2. The number of hydrogen-bond donors (Lipinski definition) is 1.